The van der Waals surface area contributed by atoms with Crippen molar-refractivity contribution < 1.29 is 31.5 Å². The summed E-state index contributed by atoms with van der Waals surface area (Å²) in [7, 11) is 1.70. The minimum Gasteiger partial charge on any atom is -0.459 e. The van der Waals surface area contributed by atoms with Gasteiger partial charge in [-0.1, -0.05) is 6.42 Å². The minimum absolute atomic E-state index is 0.520. The van der Waals surface area contributed by atoms with Gasteiger partial charge in [0.15, 0.2) is 23.3 Å². The fourth-order valence-corrected chi connectivity index (χ4v) is 2.39. The molecule has 2 rings (SSSR count). The molecule has 22 heavy (non-hydrogen) atoms. The average Bonchev–Trinajstić information content (AvgIpc) is 2.51. The van der Waals surface area contributed by atoms with Gasteiger partial charge in [-0.25, -0.2) is 22.0 Å². The average molecular weight is 323 g/mol. The van der Waals surface area contributed by atoms with E-state index in [-0.39, 0.29) is 0 Å². The molecule has 0 spiro atoms. The number of rotatable bonds is 3. The first-order valence-electron chi connectivity index (χ1n) is 6.71. The number of hydrogen-bond acceptors (Lipinski definition) is 3. The van der Waals surface area contributed by atoms with Crippen molar-refractivity contribution in [3.63, 3.8) is 0 Å². The molecule has 1 saturated heterocycles. The molecule has 8 heteroatoms. The van der Waals surface area contributed by atoms with Gasteiger partial charge in [0.05, 0.1) is 5.56 Å². The Balaban J connectivity index is 2.13. The molecule has 0 bridgehead atoms. The van der Waals surface area contributed by atoms with Crippen molar-refractivity contribution in [3.05, 3.63) is 34.6 Å². The monoisotopic (exact) mass is 323 g/mol. The molecule has 1 unspecified atom stereocenters. The molecule has 0 amide bonds. The van der Waals surface area contributed by atoms with Crippen molar-refractivity contribution in [3.8, 4) is 0 Å². The summed E-state index contributed by atoms with van der Waals surface area (Å²) in [5.74, 6) is -11.1. The van der Waals surface area contributed by atoms with Gasteiger partial charge in [-0.3, -0.25) is 9.69 Å². The topological polar surface area (TPSA) is 29.5 Å². The normalized spacial score (nSPS) is 19.3. The lowest BCUT2D eigenvalue weighted by Crippen LogP contribution is -2.42. The van der Waals surface area contributed by atoms with E-state index in [1.807, 2.05) is 0 Å². The fourth-order valence-electron chi connectivity index (χ4n) is 2.39. The van der Waals surface area contributed by atoms with Gasteiger partial charge in [0, 0.05) is 0 Å². The first-order chi connectivity index (χ1) is 10.3. The van der Waals surface area contributed by atoms with E-state index in [1.54, 1.807) is 11.9 Å². The smallest absolute Gasteiger partial charge is 0.323 e. The van der Waals surface area contributed by atoms with Crippen LogP contribution in [-0.4, -0.2) is 30.5 Å². The fraction of sp³-hybridized carbons (Fsp3) is 0.500. The predicted molar refractivity (Wildman–Crippen MR) is 66.3 cm³/mol. The van der Waals surface area contributed by atoms with Crippen molar-refractivity contribution in [2.24, 2.45) is 0 Å². The summed E-state index contributed by atoms with van der Waals surface area (Å²) in [4.78, 5) is 13.6. The highest BCUT2D eigenvalue weighted by Gasteiger charge is 2.30. The second-order valence-corrected chi connectivity index (χ2v) is 5.15. The third kappa shape index (κ3) is 3.06. The summed E-state index contributed by atoms with van der Waals surface area (Å²) in [5, 5.41) is 0. The standard InChI is InChI=1S/C14H14F5NO2/c1-20-5-3-2-4-8(20)14(21)22-6-7-9(15)11(17)13(19)12(18)10(7)16/h8H,2-6H2,1H3. The van der Waals surface area contributed by atoms with Crippen molar-refractivity contribution in [1.29, 1.82) is 0 Å². The Morgan fingerprint density at radius 2 is 1.59 bits per heavy atom. The lowest BCUT2D eigenvalue weighted by atomic mass is 10.0. The number of benzene rings is 1. The highest BCUT2D eigenvalue weighted by molar-refractivity contribution is 5.75. The third-order valence-electron chi connectivity index (χ3n) is 3.70. The molecular formula is C14H14F5NO2. The molecule has 1 aromatic carbocycles. The maximum atomic E-state index is 13.4. The molecule has 0 saturated carbocycles. The van der Waals surface area contributed by atoms with Crippen LogP contribution in [0, 0.1) is 29.1 Å². The van der Waals surface area contributed by atoms with E-state index in [0.29, 0.717) is 13.0 Å². The van der Waals surface area contributed by atoms with Crippen LogP contribution in [0.4, 0.5) is 22.0 Å². The number of carbonyl (C=O) groups is 1. The second-order valence-electron chi connectivity index (χ2n) is 5.15. The predicted octanol–water partition coefficient (Wildman–Crippen LogP) is 2.91. The maximum Gasteiger partial charge on any atom is 0.323 e. The van der Waals surface area contributed by atoms with Crippen LogP contribution in [0.2, 0.25) is 0 Å². The Labute approximate surface area is 123 Å². The summed E-state index contributed by atoms with van der Waals surface area (Å²) >= 11 is 0. The molecule has 1 fully saturated rings. The van der Waals surface area contributed by atoms with Gasteiger partial charge in [-0.2, -0.15) is 0 Å². The molecule has 1 heterocycles. The second kappa shape index (κ2) is 6.60. The molecule has 0 N–H and O–H groups in total. The SMILES string of the molecule is CN1CCCCC1C(=O)OCc1c(F)c(F)c(F)c(F)c1F. The molecule has 0 aliphatic carbocycles. The molecule has 1 aromatic rings. The van der Waals surface area contributed by atoms with Crippen LogP contribution in [0.15, 0.2) is 0 Å². The Kier molecular flexibility index (Phi) is 5.00. The van der Waals surface area contributed by atoms with E-state index >= 15 is 0 Å². The van der Waals surface area contributed by atoms with Crippen LogP contribution in [0.25, 0.3) is 0 Å². The summed E-state index contributed by atoms with van der Waals surface area (Å²) in [6, 6.07) is -0.574. The van der Waals surface area contributed by atoms with Crippen molar-refractivity contribution >= 4 is 5.97 Å². The summed E-state index contributed by atoms with van der Waals surface area (Å²) < 4.78 is 70.6. The van der Waals surface area contributed by atoms with Gasteiger partial charge in [0.25, 0.3) is 0 Å². The van der Waals surface area contributed by atoms with Crippen molar-refractivity contribution in [2.75, 3.05) is 13.6 Å². The number of hydrogen-bond donors (Lipinski definition) is 0. The third-order valence-corrected chi connectivity index (χ3v) is 3.70. The van der Waals surface area contributed by atoms with E-state index in [2.05, 4.69) is 0 Å². The van der Waals surface area contributed by atoms with E-state index in [9.17, 15) is 26.7 Å². The lowest BCUT2D eigenvalue weighted by Gasteiger charge is -2.30. The number of piperidine rings is 1. The quantitative estimate of drug-likeness (QED) is 0.371. The summed E-state index contributed by atoms with van der Waals surface area (Å²) in [5.41, 5.74) is -1.15. The minimum atomic E-state index is -2.24. The maximum absolute atomic E-state index is 13.4. The Morgan fingerprint density at radius 3 is 2.14 bits per heavy atom. The molecule has 1 aliphatic heterocycles. The largest absolute Gasteiger partial charge is 0.459 e. The number of halogens is 5. The highest BCUT2D eigenvalue weighted by Crippen LogP contribution is 2.24. The molecule has 122 valence electrons. The number of carbonyl (C=O) groups excluding carboxylic acids is 1. The van der Waals surface area contributed by atoms with Crippen molar-refractivity contribution in [2.45, 2.75) is 31.9 Å². The van der Waals surface area contributed by atoms with Crippen LogP contribution < -0.4 is 0 Å². The Hall–Kier alpha value is -1.70. The number of likely N-dealkylation sites (tertiary alicyclic amines) is 1. The Morgan fingerprint density at radius 1 is 1.05 bits per heavy atom. The number of nitrogens with zero attached hydrogens (tertiary/aromatic N) is 1. The Bertz CT molecular complexity index is 564. The molecule has 1 atom stereocenters. The number of ether oxygens (including phenoxy) is 1. The van der Waals surface area contributed by atoms with Crippen LogP contribution in [-0.2, 0) is 16.1 Å². The summed E-state index contributed by atoms with van der Waals surface area (Å²) in [6.45, 7) is -0.336. The van der Waals surface area contributed by atoms with Crippen LogP contribution in [0.5, 0.6) is 0 Å². The van der Waals surface area contributed by atoms with E-state index in [4.69, 9.17) is 4.74 Å². The number of likely N-dealkylation sites (N-methyl/N-ethyl adjacent to an activating group) is 1. The van der Waals surface area contributed by atoms with E-state index in [1.165, 1.54) is 0 Å². The van der Waals surface area contributed by atoms with Gasteiger partial charge in [0.2, 0.25) is 5.82 Å². The van der Waals surface area contributed by atoms with Gasteiger partial charge in [0.1, 0.15) is 12.6 Å². The molecule has 0 aromatic heterocycles. The van der Waals surface area contributed by atoms with Crippen LogP contribution >= 0.6 is 0 Å². The molecular weight excluding hydrogens is 309 g/mol. The molecule has 3 nitrogen and oxygen atoms in total. The van der Waals surface area contributed by atoms with Crippen molar-refractivity contribution in [1.82, 2.24) is 4.90 Å². The van der Waals surface area contributed by atoms with Crippen LogP contribution in [0.3, 0.4) is 0 Å². The molecule has 1 aliphatic rings. The molecule has 0 radical (unpaired) electrons. The number of esters is 1. The van der Waals surface area contributed by atoms with Gasteiger partial charge in [-0.05, 0) is 26.4 Å². The van der Waals surface area contributed by atoms with Gasteiger partial charge in [-0.15, -0.1) is 0 Å². The zero-order valence-electron chi connectivity index (χ0n) is 11.8. The zero-order chi connectivity index (χ0) is 16.4. The first kappa shape index (κ1) is 16.7. The highest BCUT2D eigenvalue weighted by atomic mass is 19.2. The summed E-state index contributed by atoms with van der Waals surface area (Å²) in [6.07, 6.45) is 2.23. The zero-order valence-corrected chi connectivity index (χ0v) is 11.8. The van der Waals surface area contributed by atoms with Gasteiger partial charge < -0.3 is 4.74 Å². The van der Waals surface area contributed by atoms with E-state index < -0.39 is 53.3 Å². The van der Waals surface area contributed by atoms with Crippen LogP contribution in [0.1, 0.15) is 24.8 Å². The van der Waals surface area contributed by atoms with E-state index in [0.717, 1.165) is 12.8 Å². The van der Waals surface area contributed by atoms with Gasteiger partial charge >= 0.3 is 5.97 Å². The lowest BCUT2D eigenvalue weighted by molar-refractivity contribution is -0.152. The first-order valence-corrected chi connectivity index (χ1v) is 6.71.